The molecule has 6 heteroatoms. The minimum Gasteiger partial charge on any atom is -0.491 e. The lowest BCUT2D eigenvalue weighted by Gasteiger charge is -2.18. The number of hydrogen-bond donors (Lipinski definition) is 2. The molecule has 2 unspecified atom stereocenters. The highest BCUT2D eigenvalue weighted by Crippen LogP contribution is 2.39. The van der Waals surface area contributed by atoms with Crippen molar-refractivity contribution in [2.24, 2.45) is 5.92 Å². The summed E-state index contributed by atoms with van der Waals surface area (Å²) in [6, 6.07) is 14.8. The number of carbonyl (C=O) groups excluding carboxylic acids is 1. The third kappa shape index (κ3) is 6.03. The third-order valence-corrected chi connectivity index (χ3v) is 7.36. The molecule has 0 bridgehead atoms. The van der Waals surface area contributed by atoms with Gasteiger partial charge in [-0.1, -0.05) is 51.5 Å². The Balaban J connectivity index is 1.71. The lowest BCUT2D eigenvalue weighted by molar-refractivity contribution is -0.117. The first-order valence-corrected chi connectivity index (χ1v) is 13.5. The number of fused-ring (bicyclic) bond motifs is 3. The van der Waals surface area contributed by atoms with Gasteiger partial charge in [-0.05, 0) is 79.2 Å². The van der Waals surface area contributed by atoms with Gasteiger partial charge in [0.05, 0.1) is 12.1 Å². The van der Waals surface area contributed by atoms with Gasteiger partial charge in [0.15, 0.2) is 0 Å². The molecule has 2 heterocycles. The van der Waals surface area contributed by atoms with Gasteiger partial charge in [-0.25, -0.2) is 4.98 Å². The molecule has 37 heavy (non-hydrogen) atoms. The first kappa shape index (κ1) is 26.8. The van der Waals surface area contributed by atoms with Crippen LogP contribution in [0.25, 0.3) is 33.1 Å². The van der Waals surface area contributed by atoms with E-state index in [-0.39, 0.29) is 5.92 Å². The number of benzene rings is 2. The predicted molar refractivity (Wildman–Crippen MR) is 151 cm³/mol. The summed E-state index contributed by atoms with van der Waals surface area (Å²) in [7, 11) is 0. The highest BCUT2D eigenvalue weighted by molar-refractivity contribution is 6.15. The van der Waals surface area contributed by atoms with Gasteiger partial charge >= 0.3 is 0 Å². The average Bonchev–Trinajstić information content (AvgIpc) is 3.30. The Hall–Kier alpha value is -3.22. The van der Waals surface area contributed by atoms with Crippen LogP contribution < -0.4 is 4.74 Å². The zero-order chi connectivity index (χ0) is 26.4. The molecule has 2 N–H and O–H groups in total. The molecule has 4 aromatic rings. The van der Waals surface area contributed by atoms with E-state index < -0.39 is 6.10 Å². The molecule has 0 radical (unpaired) electrons. The second kappa shape index (κ2) is 12.3. The van der Waals surface area contributed by atoms with E-state index >= 15 is 0 Å². The molecule has 0 saturated heterocycles. The topological polar surface area (TPSA) is 78.4 Å². The monoisotopic (exact) mass is 501 g/mol. The van der Waals surface area contributed by atoms with E-state index in [0.717, 1.165) is 82.4 Å². The highest BCUT2D eigenvalue weighted by Gasteiger charge is 2.19. The van der Waals surface area contributed by atoms with E-state index in [4.69, 9.17) is 4.74 Å². The van der Waals surface area contributed by atoms with Gasteiger partial charge in [0.25, 0.3) is 0 Å². The van der Waals surface area contributed by atoms with Gasteiger partial charge in [0, 0.05) is 23.5 Å². The molecular weight excluding hydrogens is 462 g/mol. The maximum absolute atomic E-state index is 11.2. The summed E-state index contributed by atoms with van der Waals surface area (Å²) in [4.78, 5) is 21.7. The van der Waals surface area contributed by atoms with Crippen LogP contribution in [0.3, 0.4) is 0 Å². The van der Waals surface area contributed by atoms with E-state index in [2.05, 4.69) is 72.0 Å². The smallest absolute Gasteiger partial charge is 0.148 e. The van der Waals surface area contributed by atoms with Crippen LogP contribution in [-0.4, -0.2) is 58.6 Å². The molecular formula is C31H39N3O3. The van der Waals surface area contributed by atoms with E-state index in [1.165, 1.54) is 0 Å². The Morgan fingerprint density at radius 3 is 2.68 bits per heavy atom. The number of aliphatic hydroxyl groups is 1. The van der Waals surface area contributed by atoms with Crippen molar-refractivity contribution >= 4 is 28.2 Å². The van der Waals surface area contributed by atoms with Gasteiger partial charge in [-0.2, -0.15) is 0 Å². The van der Waals surface area contributed by atoms with Crippen molar-refractivity contribution in [2.45, 2.75) is 53.1 Å². The third-order valence-electron chi connectivity index (χ3n) is 7.36. The number of aliphatic hydroxyl groups excluding tert-OH is 1. The van der Waals surface area contributed by atoms with Crippen LogP contribution >= 0.6 is 0 Å². The molecule has 2 atom stereocenters. The fourth-order valence-electron chi connectivity index (χ4n) is 5.12. The van der Waals surface area contributed by atoms with Gasteiger partial charge in [-0.3, -0.25) is 0 Å². The van der Waals surface area contributed by atoms with Gasteiger partial charge in [-0.15, -0.1) is 0 Å². The number of carbonyl (C=O) groups is 1. The number of aryl methyl sites for hydroxylation is 1. The van der Waals surface area contributed by atoms with Crippen molar-refractivity contribution in [3.05, 3.63) is 59.8 Å². The second-order valence-corrected chi connectivity index (χ2v) is 9.82. The molecule has 0 aliphatic carbocycles. The van der Waals surface area contributed by atoms with E-state index in [9.17, 15) is 9.90 Å². The molecule has 0 spiro atoms. The molecule has 6 nitrogen and oxygen atoms in total. The van der Waals surface area contributed by atoms with Crippen LogP contribution in [-0.2, 0) is 11.2 Å². The molecule has 0 aliphatic heterocycles. The maximum atomic E-state index is 11.2. The van der Waals surface area contributed by atoms with Crippen LogP contribution in [0.15, 0.2) is 48.7 Å². The van der Waals surface area contributed by atoms with Gasteiger partial charge in [0.2, 0.25) is 0 Å². The minimum absolute atomic E-state index is 0.0974. The number of rotatable bonds is 13. The summed E-state index contributed by atoms with van der Waals surface area (Å²) in [5, 5.41) is 12.3. The van der Waals surface area contributed by atoms with Crippen molar-refractivity contribution in [1.29, 1.82) is 0 Å². The Morgan fingerprint density at radius 1 is 1.14 bits per heavy atom. The lowest BCUT2D eigenvalue weighted by Crippen LogP contribution is -2.25. The van der Waals surface area contributed by atoms with Crippen LogP contribution in [0.4, 0.5) is 0 Å². The number of aromatic nitrogens is 2. The molecule has 2 aromatic carbocycles. The summed E-state index contributed by atoms with van der Waals surface area (Å²) >= 11 is 0. The number of ether oxygens (including phenoxy) is 1. The summed E-state index contributed by atoms with van der Waals surface area (Å²) < 4.78 is 6.29. The van der Waals surface area contributed by atoms with Crippen LogP contribution in [0.1, 0.15) is 44.7 Å². The first-order chi connectivity index (χ1) is 18.0. The summed E-state index contributed by atoms with van der Waals surface area (Å²) in [5.74, 6) is 0.741. The Morgan fingerprint density at radius 2 is 1.95 bits per heavy atom. The molecule has 0 amide bonds. The molecule has 196 valence electrons. The molecule has 0 aliphatic rings. The van der Waals surface area contributed by atoms with Crippen molar-refractivity contribution in [2.75, 3.05) is 26.2 Å². The van der Waals surface area contributed by atoms with Crippen LogP contribution in [0, 0.1) is 12.8 Å². The van der Waals surface area contributed by atoms with Crippen molar-refractivity contribution in [1.82, 2.24) is 14.9 Å². The number of nitrogens with zero attached hydrogens (tertiary/aromatic N) is 2. The number of nitrogens with one attached hydrogen (secondary N) is 1. The Labute approximate surface area is 219 Å². The summed E-state index contributed by atoms with van der Waals surface area (Å²) in [5.41, 5.74) is 6.21. The SMILES string of the molecule is CCC(Cc1cccc(-c2ccc(OCCCN(CC)CC)c3[nH]c4ncc(C)cc4c23)c1)C(O)C=O. The van der Waals surface area contributed by atoms with Gasteiger partial charge < -0.3 is 24.5 Å². The zero-order valence-corrected chi connectivity index (χ0v) is 22.5. The highest BCUT2D eigenvalue weighted by atomic mass is 16.5. The van der Waals surface area contributed by atoms with Gasteiger partial charge in [0.1, 0.15) is 23.8 Å². The lowest BCUT2D eigenvalue weighted by atomic mass is 9.90. The van der Waals surface area contributed by atoms with Crippen LogP contribution in [0.2, 0.25) is 0 Å². The largest absolute Gasteiger partial charge is 0.491 e. The normalized spacial score (nSPS) is 13.4. The molecule has 2 aromatic heterocycles. The van der Waals surface area contributed by atoms with E-state index in [0.29, 0.717) is 19.3 Å². The molecule has 4 rings (SSSR count). The summed E-state index contributed by atoms with van der Waals surface area (Å²) in [6.45, 7) is 12.2. The molecule has 0 saturated carbocycles. The maximum Gasteiger partial charge on any atom is 0.148 e. The first-order valence-electron chi connectivity index (χ1n) is 13.5. The van der Waals surface area contributed by atoms with Crippen molar-refractivity contribution in [3.63, 3.8) is 0 Å². The standard InChI is InChI=1S/C31H39N3O3/c1-5-23(27(36)20-35)17-22-10-8-11-24(18-22)25-12-13-28(37-15-9-14-34(6-2)7-3)30-29(25)26-16-21(4)19-32-31(26)33-30/h8,10-13,16,18-20,23,27,36H,5-7,9,14-15,17H2,1-4H3,(H,32,33). The number of aldehydes is 1. The second-order valence-electron chi connectivity index (χ2n) is 9.82. The number of aromatic amines is 1. The Bertz CT molecular complexity index is 1340. The predicted octanol–water partition coefficient (Wildman–Crippen LogP) is 5.93. The molecule has 0 fully saturated rings. The van der Waals surface area contributed by atoms with Crippen LogP contribution in [0.5, 0.6) is 5.75 Å². The van der Waals surface area contributed by atoms with Crippen molar-refractivity contribution < 1.29 is 14.6 Å². The number of H-pyrrole nitrogens is 1. The minimum atomic E-state index is -0.943. The van der Waals surface area contributed by atoms with E-state index in [1.807, 2.05) is 19.2 Å². The number of hydrogen-bond acceptors (Lipinski definition) is 5. The fourth-order valence-corrected chi connectivity index (χ4v) is 5.12. The zero-order valence-electron chi connectivity index (χ0n) is 22.5. The quantitative estimate of drug-likeness (QED) is 0.175. The number of pyridine rings is 1. The fraction of sp³-hybridized carbons (Fsp3) is 0.419. The Kier molecular flexibility index (Phi) is 8.95. The van der Waals surface area contributed by atoms with E-state index in [1.54, 1.807) is 0 Å². The van der Waals surface area contributed by atoms with Crippen molar-refractivity contribution in [3.8, 4) is 16.9 Å². The summed E-state index contributed by atoms with van der Waals surface area (Å²) in [6.07, 6.45) is 3.93. The average molecular weight is 502 g/mol.